The smallest absolute Gasteiger partial charge is 0.222 e. The second kappa shape index (κ2) is 8.17. The largest absolute Gasteiger partial charge is 0.341 e. The number of hydrogen-bond acceptors (Lipinski definition) is 2. The van der Waals surface area contributed by atoms with Crippen LogP contribution in [0.4, 0.5) is 5.82 Å². The molecule has 0 aliphatic rings. The number of H-pyrrole nitrogens is 1. The van der Waals surface area contributed by atoms with Crippen molar-refractivity contribution in [3.63, 3.8) is 0 Å². The van der Waals surface area contributed by atoms with Gasteiger partial charge in [0.15, 0.2) is 0 Å². The van der Waals surface area contributed by atoms with Crippen molar-refractivity contribution >= 4 is 17.8 Å². The molecule has 0 spiro atoms. The molecule has 0 radical (unpaired) electrons. The molecule has 0 saturated carbocycles. The predicted molar refractivity (Wildman–Crippen MR) is 107 cm³/mol. The lowest BCUT2D eigenvalue weighted by atomic mass is 9.95. The Kier molecular flexibility index (Phi) is 6.21. The number of benzene rings is 1. The summed E-state index contributed by atoms with van der Waals surface area (Å²) in [5.41, 5.74) is 12.7. The van der Waals surface area contributed by atoms with Gasteiger partial charge in [-0.15, -0.1) is 0 Å². The number of nitrogens with two attached hydrogens (primary N) is 1. The number of carbonyl (C=O) groups is 1. The van der Waals surface area contributed by atoms with Crippen LogP contribution in [0.2, 0.25) is 0 Å². The van der Waals surface area contributed by atoms with E-state index in [1.807, 2.05) is 13.0 Å². The third-order valence-corrected chi connectivity index (χ3v) is 4.51. The minimum absolute atomic E-state index is 0.103. The zero-order chi connectivity index (χ0) is 18.6. The second-order valence-corrected chi connectivity index (χ2v) is 6.85. The van der Waals surface area contributed by atoms with Gasteiger partial charge < -0.3 is 16.0 Å². The fourth-order valence-electron chi connectivity index (χ4n) is 3.04. The van der Waals surface area contributed by atoms with Crippen LogP contribution in [0.15, 0.2) is 24.8 Å². The molecule has 1 amide bonds. The molecule has 25 heavy (non-hydrogen) atoms. The molecular weight excluding hydrogens is 310 g/mol. The molecule has 4 nitrogen and oxygen atoms in total. The number of aromatic amines is 1. The SMILES string of the molecule is C=Cc1cc(-c2cc(CCCC(C)N)cc(C)c2C)[nH]c1NC(C)=O. The summed E-state index contributed by atoms with van der Waals surface area (Å²) in [5.74, 6) is 0.589. The zero-order valence-electron chi connectivity index (χ0n) is 15.7. The summed E-state index contributed by atoms with van der Waals surface area (Å²) in [5, 5.41) is 2.83. The molecule has 134 valence electrons. The first-order valence-electron chi connectivity index (χ1n) is 8.81. The van der Waals surface area contributed by atoms with Crippen molar-refractivity contribution in [1.29, 1.82) is 0 Å². The first kappa shape index (κ1) is 19.0. The molecular formula is C21H29N3O. The van der Waals surface area contributed by atoms with Crippen LogP contribution in [0.1, 0.15) is 48.9 Å². The van der Waals surface area contributed by atoms with Crippen LogP contribution >= 0.6 is 0 Å². The Labute approximate surface area is 150 Å². The number of aryl methyl sites for hydroxylation is 2. The summed E-state index contributed by atoms with van der Waals surface area (Å²) in [6.45, 7) is 11.7. The molecule has 1 atom stereocenters. The van der Waals surface area contributed by atoms with Gasteiger partial charge in [0.1, 0.15) is 5.82 Å². The Morgan fingerprint density at radius 1 is 1.36 bits per heavy atom. The van der Waals surface area contributed by atoms with Crippen LogP contribution in [0, 0.1) is 13.8 Å². The molecule has 2 aromatic rings. The van der Waals surface area contributed by atoms with E-state index in [0.717, 1.165) is 36.1 Å². The maximum absolute atomic E-state index is 11.4. The third kappa shape index (κ3) is 4.83. The van der Waals surface area contributed by atoms with Gasteiger partial charge in [-0.05, 0) is 68.9 Å². The van der Waals surface area contributed by atoms with Gasteiger partial charge in [-0.3, -0.25) is 4.79 Å². The molecule has 0 fully saturated rings. The summed E-state index contributed by atoms with van der Waals surface area (Å²) < 4.78 is 0. The molecule has 1 aromatic heterocycles. The van der Waals surface area contributed by atoms with E-state index in [1.54, 1.807) is 6.08 Å². The van der Waals surface area contributed by atoms with Crippen molar-refractivity contribution in [2.75, 3.05) is 5.32 Å². The number of hydrogen-bond donors (Lipinski definition) is 3. The van der Waals surface area contributed by atoms with Crippen molar-refractivity contribution in [1.82, 2.24) is 4.98 Å². The second-order valence-electron chi connectivity index (χ2n) is 6.85. The van der Waals surface area contributed by atoms with E-state index in [9.17, 15) is 4.79 Å². The molecule has 1 aromatic carbocycles. The lowest BCUT2D eigenvalue weighted by Gasteiger charge is -2.12. The third-order valence-electron chi connectivity index (χ3n) is 4.51. The molecule has 1 heterocycles. The molecule has 0 aliphatic heterocycles. The molecule has 4 N–H and O–H groups in total. The van der Waals surface area contributed by atoms with Gasteiger partial charge in [0.2, 0.25) is 5.91 Å². The lowest BCUT2D eigenvalue weighted by Crippen LogP contribution is -2.14. The monoisotopic (exact) mass is 339 g/mol. The number of amides is 1. The number of aromatic nitrogens is 1. The molecule has 0 aliphatic carbocycles. The summed E-state index contributed by atoms with van der Waals surface area (Å²) in [7, 11) is 0. The van der Waals surface area contributed by atoms with Crippen LogP contribution in [-0.4, -0.2) is 16.9 Å². The summed E-state index contributed by atoms with van der Waals surface area (Å²) in [4.78, 5) is 14.7. The minimum Gasteiger partial charge on any atom is -0.341 e. The van der Waals surface area contributed by atoms with E-state index in [2.05, 4.69) is 42.9 Å². The molecule has 1 unspecified atom stereocenters. The van der Waals surface area contributed by atoms with E-state index in [1.165, 1.54) is 23.6 Å². The number of rotatable bonds is 7. The van der Waals surface area contributed by atoms with E-state index in [0.29, 0.717) is 5.82 Å². The highest BCUT2D eigenvalue weighted by Gasteiger charge is 2.13. The standard InChI is InChI=1S/C21H29N3O/c1-6-18-12-20(24-21(18)23-16(5)25)19-11-17(9-7-8-14(3)22)10-13(2)15(19)4/h6,10-12,14,24H,1,7-9,22H2,2-5H3,(H,23,25). The maximum atomic E-state index is 11.4. The first-order chi connectivity index (χ1) is 11.8. The topological polar surface area (TPSA) is 70.9 Å². The highest BCUT2D eigenvalue weighted by Crippen LogP contribution is 2.31. The first-order valence-corrected chi connectivity index (χ1v) is 8.81. The van der Waals surface area contributed by atoms with E-state index in [-0.39, 0.29) is 11.9 Å². The molecule has 4 heteroatoms. The predicted octanol–water partition coefficient (Wildman–Crippen LogP) is 4.57. The van der Waals surface area contributed by atoms with Gasteiger partial charge in [0, 0.05) is 29.8 Å². The van der Waals surface area contributed by atoms with Crippen LogP contribution in [-0.2, 0) is 11.2 Å². The van der Waals surface area contributed by atoms with Gasteiger partial charge >= 0.3 is 0 Å². The average Bonchev–Trinajstić information content (AvgIpc) is 2.92. The highest BCUT2D eigenvalue weighted by molar-refractivity contribution is 5.91. The average molecular weight is 339 g/mol. The van der Waals surface area contributed by atoms with Gasteiger partial charge in [-0.2, -0.15) is 0 Å². The van der Waals surface area contributed by atoms with E-state index in [4.69, 9.17) is 5.73 Å². The van der Waals surface area contributed by atoms with Gasteiger partial charge in [-0.1, -0.05) is 18.7 Å². The van der Waals surface area contributed by atoms with Crippen molar-refractivity contribution in [2.24, 2.45) is 5.73 Å². The Bertz CT molecular complexity index is 772. The van der Waals surface area contributed by atoms with Gasteiger partial charge in [-0.25, -0.2) is 0 Å². The quantitative estimate of drug-likeness (QED) is 0.691. The van der Waals surface area contributed by atoms with E-state index >= 15 is 0 Å². The van der Waals surface area contributed by atoms with Crippen molar-refractivity contribution < 1.29 is 4.79 Å². The maximum Gasteiger partial charge on any atom is 0.222 e. The van der Waals surface area contributed by atoms with Crippen LogP contribution in [0.3, 0.4) is 0 Å². The Morgan fingerprint density at radius 2 is 2.08 bits per heavy atom. The number of carbonyl (C=O) groups excluding carboxylic acids is 1. The molecule has 0 saturated heterocycles. The number of nitrogens with one attached hydrogen (secondary N) is 2. The highest BCUT2D eigenvalue weighted by atomic mass is 16.1. The van der Waals surface area contributed by atoms with Crippen molar-refractivity contribution in [2.45, 2.75) is 53.0 Å². The molecule has 2 rings (SSSR count). The Morgan fingerprint density at radius 3 is 2.68 bits per heavy atom. The Balaban J connectivity index is 2.37. The minimum atomic E-state index is -0.103. The fourth-order valence-corrected chi connectivity index (χ4v) is 3.04. The van der Waals surface area contributed by atoms with Gasteiger partial charge in [0.05, 0.1) is 0 Å². The summed E-state index contributed by atoms with van der Waals surface area (Å²) >= 11 is 0. The fraction of sp³-hybridized carbons (Fsp3) is 0.381. The summed E-state index contributed by atoms with van der Waals surface area (Å²) in [6, 6.07) is 6.77. The van der Waals surface area contributed by atoms with Crippen molar-refractivity contribution in [3.8, 4) is 11.3 Å². The van der Waals surface area contributed by atoms with Crippen LogP contribution in [0.25, 0.3) is 17.3 Å². The van der Waals surface area contributed by atoms with E-state index < -0.39 is 0 Å². The zero-order valence-corrected chi connectivity index (χ0v) is 15.7. The van der Waals surface area contributed by atoms with Crippen LogP contribution < -0.4 is 11.1 Å². The van der Waals surface area contributed by atoms with Crippen molar-refractivity contribution in [3.05, 3.63) is 47.0 Å². The van der Waals surface area contributed by atoms with Crippen LogP contribution in [0.5, 0.6) is 0 Å². The summed E-state index contributed by atoms with van der Waals surface area (Å²) in [6.07, 6.45) is 4.88. The normalized spacial score (nSPS) is 12.0. The molecule has 0 bridgehead atoms. The lowest BCUT2D eigenvalue weighted by molar-refractivity contribution is -0.114. The Hall–Kier alpha value is -2.33. The number of anilines is 1. The van der Waals surface area contributed by atoms with Gasteiger partial charge in [0.25, 0.3) is 0 Å².